The molecule has 0 saturated carbocycles. The number of hydrazine groups is 1. The van der Waals surface area contributed by atoms with E-state index in [9.17, 15) is 14.4 Å². The average molecular weight is 451 g/mol. The van der Waals surface area contributed by atoms with Crippen LogP contribution in [-0.4, -0.2) is 47.8 Å². The second kappa shape index (κ2) is 10.8. The molecule has 33 heavy (non-hydrogen) atoms. The van der Waals surface area contributed by atoms with Gasteiger partial charge in [0.15, 0.2) is 0 Å². The van der Waals surface area contributed by atoms with Crippen LogP contribution in [-0.2, 0) is 9.53 Å². The molecular formula is C23H25N5O5. The first-order valence-electron chi connectivity index (χ1n) is 10.2. The van der Waals surface area contributed by atoms with Crippen LogP contribution in [0.1, 0.15) is 33.3 Å². The van der Waals surface area contributed by atoms with E-state index in [2.05, 4.69) is 21.3 Å². The molecule has 0 atom stereocenters. The molecule has 0 aliphatic rings. The fraction of sp³-hybridized carbons (Fsp3) is 0.217. The number of anilines is 1. The third kappa shape index (κ3) is 5.88. The van der Waals surface area contributed by atoms with Gasteiger partial charge < -0.3 is 14.8 Å². The van der Waals surface area contributed by atoms with E-state index >= 15 is 0 Å². The molecule has 0 bridgehead atoms. The number of rotatable bonds is 8. The molecule has 0 radical (unpaired) electrons. The Kier molecular flexibility index (Phi) is 7.64. The zero-order valence-electron chi connectivity index (χ0n) is 18.5. The number of carbonyl (C=O) groups is 3. The van der Waals surface area contributed by atoms with E-state index in [-0.39, 0.29) is 13.2 Å². The number of methoxy groups -OCH3 is 1. The van der Waals surface area contributed by atoms with Crippen molar-refractivity contribution in [1.82, 2.24) is 20.6 Å². The van der Waals surface area contributed by atoms with Gasteiger partial charge >= 0.3 is 5.97 Å². The Morgan fingerprint density at radius 2 is 1.70 bits per heavy atom. The molecule has 0 unspecified atom stereocenters. The van der Waals surface area contributed by atoms with Crippen molar-refractivity contribution in [1.29, 1.82) is 0 Å². The van der Waals surface area contributed by atoms with Gasteiger partial charge in [-0.05, 0) is 62.4 Å². The summed E-state index contributed by atoms with van der Waals surface area (Å²) < 4.78 is 11.7. The van der Waals surface area contributed by atoms with Gasteiger partial charge in [0.05, 0.1) is 37.8 Å². The molecule has 3 rings (SSSR count). The van der Waals surface area contributed by atoms with Crippen molar-refractivity contribution in [2.45, 2.75) is 13.8 Å². The smallest absolute Gasteiger partial charge is 0.341 e. The number of carbonyl (C=O) groups excluding carboxylic acids is 3. The summed E-state index contributed by atoms with van der Waals surface area (Å²) >= 11 is 0. The summed E-state index contributed by atoms with van der Waals surface area (Å²) in [7, 11) is 1.58. The topological polar surface area (TPSA) is 124 Å². The normalized spacial score (nSPS) is 10.3. The Morgan fingerprint density at radius 3 is 2.33 bits per heavy atom. The molecular weight excluding hydrogens is 426 g/mol. The summed E-state index contributed by atoms with van der Waals surface area (Å²) in [6.45, 7) is 3.75. The summed E-state index contributed by atoms with van der Waals surface area (Å²) in [4.78, 5) is 36.3. The first kappa shape index (κ1) is 23.3. The number of ether oxygens (including phenoxy) is 2. The van der Waals surface area contributed by atoms with Crippen molar-refractivity contribution in [2.75, 3.05) is 25.6 Å². The first-order chi connectivity index (χ1) is 15.9. The molecule has 0 aliphatic carbocycles. The van der Waals surface area contributed by atoms with Gasteiger partial charge in [0.25, 0.3) is 11.8 Å². The van der Waals surface area contributed by atoms with Crippen LogP contribution in [0.25, 0.3) is 5.69 Å². The van der Waals surface area contributed by atoms with Crippen molar-refractivity contribution < 1.29 is 23.9 Å². The maximum atomic E-state index is 12.3. The molecule has 1 aromatic heterocycles. The SMILES string of the molecule is CCOC(=O)c1cnn(-c2ccc(C(=O)NNC(=O)CNc3ccc(OC)cc3)cc2)c1C. The van der Waals surface area contributed by atoms with Crippen molar-refractivity contribution in [2.24, 2.45) is 0 Å². The van der Waals surface area contributed by atoms with Crippen LogP contribution in [0.4, 0.5) is 5.69 Å². The fourth-order valence-corrected chi connectivity index (χ4v) is 2.97. The van der Waals surface area contributed by atoms with E-state index in [0.29, 0.717) is 28.3 Å². The van der Waals surface area contributed by atoms with Crippen LogP contribution in [0.3, 0.4) is 0 Å². The number of esters is 1. The van der Waals surface area contributed by atoms with E-state index in [1.54, 1.807) is 74.2 Å². The molecule has 3 N–H and O–H groups in total. The van der Waals surface area contributed by atoms with Crippen LogP contribution in [0, 0.1) is 6.92 Å². The first-order valence-corrected chi connectivity index (χ1v) is 10.2. The molecule has 2 amide bonds. The summed E-state index contributed by atoms with van der Waals surface area (Å²) in [6.07, 6.45) is 1.45. The number of hydrogen-bond acceptors (Lipinski definition) is 7. The van der Waals surface area contributed by atoms with Crippen molar-refractivity contribution in [3.8, 4) is 11.4 Å². The lowest BCUT2D eigenvalue weighted by Crippen LogP contribution is -2.44. The molecule has 2 aromatic carbocycles. The summed E-state index contributed by atoms with van der Waals surface area (Å²) in [6, 6.07) is 13.7. The Bertz CT molecular complexity index is 1120. The molecule has 172 valence electrons. The van der Waals surface area contributed by atoms with Crippen LogP contribution in [0.15, 0.2) is 54.7 Å². The van der Waals surface area contributed by atoms with Crippen LogP contribution >= 0.6 is 0 Å². The van der Waals surface area contributed by atoms with E-state index in [1.807, 2.05) is 0 Å². The molecule has 0 fully saturated rings. The summed E-state index contributed by atoms with van der Waals surface area (Å²) in [5, 5.41) is 7.17. The minimum absolute atomic E-state index is 0.0209. The zero-order chi connectivity index (χ0) is 23.8. The highest BCUT2D eigenvalue weighted by Crippen LogP contribution is 2.16. The second-order valence-corrected chi connectivity index (χ2v) is 6.91. The minimum atomic E-state index is -0.469. The third-order valence-electron chi connectivity index (χ3n) is 4.74. The van der Waals surface area contributed by atoms with E-state index in [0.717, 1.165) is 5.69 Å². The Labute approximate surface area is 190 Å². The maximum absolute atomic E-state index is 12.3. The number of nitrogens with one attached hydrogen (secondary N) is 3. The molecule has 1 heterocycles. The second-order valence-electron chi connectivity index (χ2n) is 6.91. The number of benzene rings is 2. The van der Waals surface area contributed by atoms with Crippen LogP contribution in [0.5, 0.6) is 5.75 Å². The number of hydrogen-bond donors (Lipinski definition) is 3. The lowest BCUT2D eigenvalue weighted by Gasteiger charge is -2.10. The van der Waals surface area contributed by atoms with Crippen molar-refractivity contribution in [3.05, 3.63) is 71.5 Å². The molecule has 0 aliphatic heterocycles. The van der Waals surface area contributed by atoms with Crippen LogP contribution in [0.2, 0.25) is 0 Å². The lowest BCUT2D eigenvalue weighted by molar-refractivity contribution is -0.120. The highest BCUT2D eigenvalue weighted by Gasteiger charge is 2.16. The lowest BCUT2D eigenvalue weighted by atomic mass is 10.2. The van der Waals surface area contributed by atoms with Gasteiger partial charge in [-0.15, -0.1) is 0 Å². The van der Waals surface area contributed by atoms with E-state index in [4.69, 9.17) is 9.47 Å². The quantitative estimate of drug-likeness (QED) is 0.354. The third-order valence-corrected chi connectivity index (χ3v) is 4.74. The maximum Gasteiger partial charge on any atom is 0.341 e. The summed E-state index contributed by atoms with van der Waals surface area (Å²) in [5.41, 5.74) is 7.51. The monoisotopic (exact) mass is 451 g/mol. The fourth-order valence-electron chi connectivity index (χ4n) is 2.97. The van der Waals surface area contributed by atoms with Crippen molar-refractivity contribution in [3.63, 3.8) is 0 Å². The number of nitrogens with zero attached hydrogens (tertiary/aromatic N) is 2. The Morgan fingerprint density at radius 1 is 1.00 bits per heavy atom. The van der Waals surface area contributed by atoms with Crippen LogP contribution < -0.4 is 20.9 Å². The average Bonchev–Trinajstić information content (AvgIpc) is 3.23. The highest BCUT2D eigenvalue weighted by atomic mass is 16.5. The highest BCUT2D eigenvalue weighted by molar-refractivity contribution is 5.96. The molecule has 10 heteroatoms. The van der Waals surface area contributed by atoms with Gasteiger partial charge in [0, 0.05) is 11.3 Å². The standard InChI is InChI=1S/C23H25N5O5/c1-4-33-23(31)20-13-25-28(15(20)2)18-9-5-16(6-10-18)22(30)27-26-21(29)14-24-17-7-11-19(32-3)12-8-17/h5-13,24H,4,14H2,1-3H3,(H,26,29)(H,27,30). The van der Waals surface area contributed by atoms with Gasteiger partial charge in [-0.3, -0.25) is 20.4 Å². The predicted octanol–water partition coefficient (Wildman–Crippen LogP) is 2.24. The van der Waals surface area contributed by atoms with Gasteiger partial charge in [-0.2, -0.15) is 5.10 Å². The Hall–Kier alpha value is -4.34. The number of amides is 2. The predicted molar refractivity (Wildman–Crippen MR) is 121 cm³/mol. The van der Waals surface area contributed by atoms with E-state index in [1.165, 1.54) is 6.20 Å². The number of aromatic nitrogens is 2. The van der Waals surface area contributed by atoms with Gasteiger partial charge in [-0.1, -0.05) is 0 Å². The largest absolute Gasteiger partial charge is 0.497 e. The zero-order valence-corrected chi connectivity index (χ0v) is 18.5. The molecule has 0 spiro atoms. The minimum Gasteiger partial charge on any atom is -0.497 e. The van der Waals surface area contributed by atoms with Gasteiger partial charge in [0.2, 0.25) is 0 Å². The molecule has 0 saturated heterocycles. The summed E-state index contributed by atoms with van der Waals surface area (Å²) in [5.74, 6) is -0.599. The molecule has 3 aromatic rings. The van der Waals surface area contributed by atoms with Crippen molar-refractivity contribution >= 4 is 23.5 Å². The van der Waals surface area contributed by atoms with E-state index < -0.39 is 17.8 Å². The molecule has 10 nitrogen and oxygen atoms in total. The Balaban J connectivity index is 1.53. The van der Waals surface area contributed by atoms with Gasteiger partial charge in [-0.25, -0.2) is 9.48 Å². The van der Waals surface area contributed by atoms with Gasteiger partial charge in [0.1, 0.15) is 11.3 Å².